The van der Waals surface area contributed by atoms with E-state index in [-0.39, 0.29) is 0 Å². The highest BCUT2D eigenvalue weighted by molar-refractivity contribution is 5.86. The molecule has 3 N–H and O–H groups in total. The molecule has 2 aromatic rings. The quantitative estimate of drug-likeness (QED) is 0.663. The number of rotatable bonds is 3. The van der Waals surface area contributed by atoms with Gasteiger partial charge >= 0.3 is 0 Å². The molecule has 0 saturated heterocycles. The van der Waals surface area contributed by atoms with Crippen molar-refractivity contribution in [2.45, 2.75) is 38.3 Å². The SMILES string of the molecule is NC(=NCc1cccc2ccccc12)NC1CCCC1. The fraction of sp³-hybridized carbons (Fsp3) is 0.353. The number of guanidine groups is 1. The average Bonchev–Trinajstić information content (AvgIpc) is 2.98. The Labute approximate surface area is 119 Å². The van der Waals surface area contributed by atoms with Gasteiger partial charge in [-0.2, -0.15) is 0 Å². The highest BCUT2D eigenvalue weighted by atomic mass is 15.1. The first-order valence-electron chi connectivity index (χ1n) is 7.36. The number of hydrogen-bond acceptors (Lipinski definition) is 1. The maximum Gasteiger partial charge on any atom is 0.189 e. The van der Waals surface area contributed by atoms with Crippen LogP contribution in [0.15, 0.2) is 47.5 Å². The Morgan fingerprint density at radius 1 is 1.10 bits per heavy atom. The second kappa shape index (κ2) is 5.95. The van der Waals surface area contributed by atoms with E-state index in [4.69, 9.17) is 5.73 Å². The number of fused-ring (bicyclic) bond motifs is 1. The lowest BCUT2D eigenvalue weighted by atomic mass is 10.1. The maximum atomic E-state index is 5.98. The number of nitrogens with one attached hydrogen (secondary N) is 1. The third kappa shape index (κ3) is 2.93. The normalized spacial score (nSPS) is 16.7. The first-order chi connectivity index (χ1) is 9.83. The molecule has 2 aromatic carbocycles. The van der Waals surface area contributed by atoms with Gasteiger partial charge in [0.2, 0.25) is 0 Å². The van der Waals surface area contributed by atoms with Crippen LogP contribution in [0.2, 0.25) is 0 Å². The predicted octanol–water partition coefficient (Wildman–Crippen LogP) is 3.19. The summed E-state index contributed by atoms with van der Waals surface area (Å²) in [6, 6.07) is 15.2. The second-order valence-corrected chi connectivity index (χ2v) is 5.47. The van der Waals surface area contributed by atoms with Crippen LogP contribution in [0.5, 0.6) is 0 Å². The minimum absolute atomic E-state index is 0.520. The Kier molecular flexibility index (Phi) is 3.86. The minimum Gasteiger partial charge on any atom is -0.370 e. The van der Waals surface area contributed by atoms with E-state index < -0.39 is 0 Å². The molecule has 3 heteroatoms. The summed E-state index contributed by atoms with van der Waals surface area (Å²) >= 11 is 0. The predicted molar refractivity (Wildman–Crippen MR) is 84.7 cm³/mol. The lowest BCUT2D eigenvalue weighted by Crippen LogP contribution is -2.38. The fourth-order valence-corrected chi connectivity index (χ4v) is 2.93. The van der Waals surface area contributed by atoms with Crippen LogP contribution in [0.3, 0.4) is 0 Å². The maximum absolute atomic E-state index is 5.98. The van der Waals surface area contributed by atoms with Gasteiger partial charge in [-0.05, 0) is 29.2 Å². The van der Waals surface area contributed by atoms with Crippen LogP contribution in [0.1, 0.15) is 31.2 Å². The molecule has 0 spiro atoms. The van der Waals surface area contributed by atoms with E-state index in [1.807, 2.05) is 0 Å². The molecule has 1 saturated carbocycles. The van der Waals surface area contributed by atoms with Gasteiger partial charge in [0, 0.05) is 6.04 Å². The fourth-order valence-electron chi connectivity index (χ4n) is 2.93. The summed E-state index contributed by atoms with van der Waals surface area (Å²) in [4.78, 5) is 4.49. The topological polar surface area (TPSA) is 50.4 Å². The molecule has 104 valence electrons. The van der Waals surface area contributed by atoms with Gasteiger partial charge in [-0.15, -0.1) is 0 Å². The van der Waals surface area contributed by atoms with E-state index in [9.17, 15) is 0 Å². The molecule has 0 atom stereocenters. The summed E-state index contributed by atoms with van der Waals surface area (Å²) in [6.45, 7) is 0.632. The number of nitrogens with zero attached hydrogens (tertiary/aromatic N) is 1. The van der Waals surface area contributed by atoms with Crippen molar-refractivity contribution in [1.82, 2.24) is 5.32 Å². The lowest BCUT2D eigenvalue weighted by molar-refractivity contribution is 0.625. The molecule has 1 aliphatic rings. The summed E-state index contributed by atoms with van der Waals surface area (Å²) in [5.74, 6) is 0.574. The van der Waals surface area contributed by atoms with E-state index in [2.05, 4.69) is 52.8 Å². The Hall–Kier alpha value is -2.03. The van der Waals surface area contributed by atoms with Crippen LogP contribution in [0.25, 0.3) is 10.8 Å². The van der Waals surface area contributed by atoms with Crippen LogP contribution < -0.4 is 11.1 Å². The largest absolute Gasteiger partial charge is 0.370 e. The van der Waals surface area contributed by atoms with Crippen molar-refractivity contribution in [2.75, 3.05) is 0 Å². The van der Waals surface area contributed by atoms with Crippen molar-refractivity contribution in [1.29, 1.82) is 0 Å². The number of benzene rings is 2. The first-order valence-corrected chi connectivity index (χ1v) is 7.36. The van der Waals surface area contributed by atoms with Crippen molar-refractivity contribution < 1.29 is 0 Å². The van der Waals surface area contributed by atoms with Crippen LogP contribution >= 0.6 is 0 Å². The van der Waals surface area contributed by atoms with Gasteiger partial charge in [-0.1, -0.05) is 55.3 Å². The molecule has 0 radical (unpaired) electrons. The van der Waals surface area contributed by atoms with Gasteiger partial charge in [0.15, 0.2) is 5.96 Å². The van der Waals surface area contributed by atoms with Gasteiger partial charge in [-0.3, -0.25) is 0 Å². The lowest BCUT2D eigenvalue weighted by Gasteiger charge is -2.12. The summed E-state index contributed by atoms with van der Waals surface area (Å²) in [7, 11) is 0. The van der Waals surface area contributed by atoms with Crippen molar-refractivity contribution >= 4 is 16.7 Å². The Balaban J connectivity index is 1.72. The Morgan fingerprint density at radius 3 is 2.70 bits per heavy atom. The zero-order valence-electron chi connectivity index (χ0n) is 11.7. The number of hydrogen-bond donors (Lipinski definition) is 2. The number of nitrogens with two attached hydrogens (primary N) is 1. The second-order valence-electron chi connectivity index (χ2n) is 5.47. The summed E-state index contributed by atoms with van der Waals surface area (Å²) in [6.07, 6.45) is 5.03. The molecular weight excluding hydrogens is 246 g/mol. The van der Waals surface area contributed by atoms with Crippen LogP contribution in [-0.2, 0) is 6.54 Å². The van der Waals surface area contributed by atoms with E-state index in [0.29, 0.717) is 18.5 Å². The van der Waals surface area contributed by atoms with E-state index >= 15 is 0 Å². The molecule has 3 rings (SSSR count). The van der Waals surface area contributed by atoms with Gasteiger partial charge in [0.25, 0.3) is 0 Å². The van der Waals surface area contributed by atoms with Gasteiger partial charge in [0.05, 0.1) is 6.54 Å². The molecular formula is C17H21N3. The molecule has 0 amide bonds. The molecule has 1 fully saturated rings. The third-order valence-corrected chi connectivity index (χ3v) is 4.01. The summed E-state index contributed by atoms with van der Waals surface area (Å²) in [5, 5.41) is 5.83. The van der Waals surface area contributed by atoms with Crippen LogP contribution in [0.4, 0.5) is 0 Å². The highest BCUT2D eigenvalue weighted by Crippen LogP contribution is 2.19. The van der Waals surface area contributed by atoms with Gasteiger partial charge in [0.1, 0.15) is 0 Å². The van der Waals surface area contributed by atoms with E-state index in [0.717, 1.165) is 0 Å². The standard InChI is InChI=1S/C17H21N3/c18-17(20-15-9-2-3-10-15)19-12-14-8-5-7-13-6-1-4-11-16(13)14/h1,4-8,11,15H,2-3,9-10,12H2,(H3,18,19,20). The monoisotopic (exact) mass is 267 g/mol. The summed E-state index contributed by atoms with van der Waals surface area (Å²) in [5.41, 5.74) is 7.21. The molecule has 1 aliphatic carbocycles. The van der Waals surface area contributed by atoms with Crippen LogP contribution in [0, 0.1) is 0 Å². The van der Waals surface area contributed by atoms with Crippen molar-refractivity contribution in [3.05, 3.63) is 48.0 Å². The molecule has 0 aliphatic heterocycles. The Bertz CT molecular complexity index is 607. The summed E-state index contributed by atoms with van der Waals surface area (Å²) < 4.78 is 0. The molecule has 20 heavy (non-hydrogen) atoms. The zero-order valence-corrected chi connectivity index (χ0v) is 11.7. The van der Waals surface area contributed by atoms with Crippen molar-refractivity contribution in [3.8, 4) is 0 Å². The van der Waals surface area contributed by atoms with Crippen molar-refractivity contribution in [3.63, 3.8) is 0 Å². The highest BCUT2D eigenvalue weighted by Gasteiger charge is 2.14. The van der Waals surface area contributed by atoms with Crippen molar-refractivity contribution in [2.24, 2.45) is 10.7 Å². The molecule has 3 nitrogen and oxygen atoms in total. The minimum atomic E-state index is 0.520. The van der Waals surface area contributed by atoms with E-state index in [1.165, 1.54) is 42.0 Å². The molecule has 0 bridgehead atoms. The van der Waals surface area contributed by atoms with Gasteiger partial charge in [-0.25, -0.2) is 4.99 Å². The molecule has 0 heterocycles. The first kappa shape index (κ1) is 13.0. The Morgan fingerprint density at radius 2 is 1.85 bits per heavy atom. The zero-order chi connectivity index (χ0) is 13.8. The van der Waals surface area contributed by atoms with Crippen LogP contribution in [-0.4, -0.2) is 12.0 Å². The van der Waals surface area contributed by atoms with E-state index in [1.54, 1.807) is 0 Å². The molecule has 0 aromatic heterocycles. The smallest absolute Gasteiger partial charge is 0.189 e. The number of aliphatic imine (C=N–C) groups is 1. The van der Waals surface area contributed by atoms with Gasteiger partial charge < -0.3 is 11.1 Å². The average molecular weight is 267 g/mol. The molecule has 0 unspecified atom stereocenters. The third-order valence-electron chi connectivity index (χ3n) is 4.01.